The highest BCUT2D eigenvalue weighted by molar-refractivity contribution is 5.94. The average molecular weight is 445 g/mol. The first kappa shape index (κ1) is 21.0. The lowest BCUT2D eigenvalue weighted by Gasteiger charge is -2.36. The molecule has 168 valence electrons. The van der Waals surface area contributed by atoms with Crippen LogP contribution in [0.4, 0.5) is 10.1 Å². The fraction of sp³-hybridized carbons (Fsp3) is 0.231. The van der Waals surface area contributed by atoms with Gasteiger partial charge in [-0.15, -0.1) is 0 Å². The molecule has 4 aromatic rings. The number of halogens is 1. The summed E-state index contributed by atoms with van der Waals surface area (Å²) in [5.74, 6) is 0.464. The highest BCUT2D eigenvalue weighted by Crippen LogP contribution is 2.20. The number of pyridine rings is 1. The van der Waals surface area contributed by atoms with Crippen molar-refractivity contribution in [3.63, 3.8) is 0 Å². The van der Waals surface area contributed by atoms with Crippen molar-refractivity contribution < 1.29 is 13.9 Å². The first-order chi connectivity index (χ1) is 16.1. The van der Waals surface area contributed by atoms with Crippen molar-refractivity contribution >= 4 is 17.2 Å². The van der Waals surface area contributed by atoms with Crippen molar-refractivity contribution in [3.05, 3.63) is 95.7 Å². The van der Waals surface area contributed by atoms with Crippen LogP contribution in [0.15, 0.2) is 73.1 Å². The van der Waals surface area contributed by atoms with Crippen molar-refractivity contribution in [3.8, 4) is 5.75 Å². The minimum atomic E-state index is -0.242. The molecule has 1 fully saturated rings. The van der Waals surface area contributed by atoms with Crippen LogP contribution in [-0.4, -0.2) is 46.4 Å². The van der Waals surface area contributed by atoms with Gasteiger partial charge in [-0.25, -0.2) is 9.37 Å². The van der Waals surface area contributed by atoms with Crippen molar-refractivity contribution in [1.82, 2.24) is 14.3 Å². The fourth-order valence-corrected chi connectivity index (χ4v) is 4.13. The number of ether oxygens (including phenoxy) is 1. The standard InChI is InChI=1S/C26H25FN4O2/c1-19-3-2-12-31-17-22(28-25(19)31)18-33-24-10-4-20(5-11-24)26(32)30-15-13-29(14-16-30)23-8-6-21(27)7-9-23/h2-12,17H,13-16,18H2,1H3. The molecule has 1 amide bonds. The van der Waals surface area contributed by atoms with E-state index in [1.54, 1.807) is 24.3 Å². The number of rotatable bonds is 5. The Kier molecular flexibility index (Phi) is 5.69. The maximum absolute atomic E-state index is 13.1. The van der Waals surface area contributed by atoms with Gasteiger partial charge in [0.25, 0.3) is 5.91 Å². The number of hydrogen-bond acceptors (Lipinski definition) is 4. The number of imidazole rings is 1. The van der Waals surface area contributed by atoms with Crippen molar-refractivity contribution in [1.29, 1.82) is 0 Å². The largest absolute Gasteiger partial charge is 0.487 e. The van der Waals surface area contributed by atoms with E-state index in [2.05, 4.69) is 9.88 Å². The molecule has 0 aliphatic carbocycles. The summed E-state index contributed by atoms with van der Waals surface area (Å²) in [4.78, 5) is 21.6. The Labute approximate surface area is 191 Å². The van der Waals surface area contributed by atoms with E-state index in [1.807, 2.05) is 52.9 Å². The predicted molar refractivity (Wildman–Crippen MR) is 125 cm³/mol. The Bertz CT molecular complexity index is 1260. The predicted octanol–water partition coefficient (Wildman–Crippen LogP) is 4.32. The van der Waals surface area contributed by atoms with E-state index in [0.29, 0.717) is 31.0 Å². The highest BCUT2D eigenvalue weighted by Gasteiger charge is 2.22. The van der Waals surface area contributed by atoms with Gasteiger partial charge in [0.1, 0.15) is 23.8 Å². The first-order valence-electron chi connectivity index (χ1n) is 11.0. The summed E-state index contributed by atoms with van der Waals surface area (Å²) in [7, 11) is 0. The van der Waals surface area contributed by atoms with Gasteiger partial charge in [-0.1, -0.05) is 6.07 Å². The van der Waals surface area contributed by atoms with Gasteiger partial charge in [0.15, 0.2) is 0 Å². The zero-order valence-electron chi connectivity index (χ0n) is 18.4. The van der Waals surface area contributed by atoms with Gasteiger partial charge in [-0.05, 0) is 67.1 Å². The molecule has 3 heterocycles. The minimum Gasteiger partial charge on any atom is -0.487 e. The van der Waals surface area contributed by atoms with Crippen LogP contribution < -0.4 is 9.64 Å². The molecule has 0 atom stereocenters. The lowest BCUT2D eigenvalue weighted by molar-refractivity contribution is 0.0746. The molecule has 6 nitrogen and oxygen atoms in total. The van der Waals surface area contributed by atoms with Gasteiger partial charge in [-0.2, -0.15) is 0 Å². The van der Waals surface area contributed by atoms with Crippen LogP contribution in [-0.2, 0) is 6.61 Å². The molecule has 0 N–H and O–H groups in total. The Morgan fingerprint density at radius 2 is 1.73 bits per heavy atom. The molecule has 0 unspecified atom stereocenters. The number of aryl methyl sites for hydroxylation is 1. The summed E-state index contributed by atoms with van der Waals surface area (Å²) < 4.78 is 21.0. The molecule has 7 heteroatoms. The zero-order chi connectivity index (χ0) is 22.8. The Morgan fingerprint density at radius 1 is 1.00 bits per heavy atom. The number of piperazine rings is 1. The smallest absolute Gasteiger partial charge is 0.253 e. The van der Waals surface area contributed by atoms with Crippen LogP contribution in [0, 0.1) is 12.7 Å². The number of carbonyl (C=O) groups is 1. The first-order valence-corrected chi connectivity index (χ1v) is 11.0. The molecular weight excluding hydrogens is 419 g/mol. The van der Waals surface area contributed by atoms with Gasteiger partial charge >= 0.3 is 0 Å². The van der Waals surface area contributed by atoms with Crippen molar-refractivity contribution in [2.24, 2.45) is 0 Å². The number of hydrogen-bond donors (Lipinski definition) is 0. The number of benzene rings is 2. The van der Waals surface area contributed by atoms with Crippen molar-refractivity contribution in [2.45, 2.75) is 13.5 Å². The summed E-state index contributed by atoms with van der Waals surface area (Å²) in [6, 6.07) is 17.8. The Balaban J connectivity index is 1.16. The molecule has 0 saturated carbocycles. The van der Waals surface area contributed by atoms with E-state index >= 15 is 0 Å². The van der Waals surface area contributed by atoms with Crippen LogP contribution in [0.3, 0.4) is 0 Å². The minimum absolute atomic E-state index is 0.0103. The normalized spacial score (nSPS) is 14.0. The quantitative estimate of drug-likeness (QED) is 0.460. The molecule has 5 rings (SSSR count). The fourth-order valence-electron chi connectivity index (χ4n) is 4.13. The topological polar surface area (TPSA) is 50.1 Å². The van der Waals surface area contributed by atoms with E-state index in [9.17, 15) is 9.18 Å². The summed E-state index contributed by atoms with van der Waals surface area (Å²) >= 11 is 0. The second-order valence-corrected chi connectivity index (χ2v) is 8.22. The molecule has 1 aliphatic rings. The number of fused-ring (bicyclic) bond motifs is 1. The number of aromatic nitrogens is 2. The van der Waals surface area contributed by atoms with Crippen LogP contribution in [0.5, 0.6) is 5.75 Å². The van der Waals surface area contributed by atoms with E-state index in [1.165, 1.54) is 12.1 Å². The van der Waals surface area contributed by atoms with Crippen molar-refractivity contribution in [2.75, 3.05) is 31.1 Å². The number of amides is 1. The van der Waals surface area contributed by atoms with E-state index < -0.39 is 0 Å². The molecular formula is C26H25FN4O2. The Morgan fingerprint density at radius 3 is 2.42 bits per heavy atom. The lowest BCUT2D eigenvalue weighted by Crippen LogP contribution is -2.48. The van der Waals surface area contributed by atoms with Crippen LogP contribution in [0.25, 0.3) is 5.65 Å². The summed E-state index contributed by atoms with van der Waals surface area (Å²) in [5, 5.41) is 0. The van der Waals surface area contributed by atoms with E-state index in [0.717, 1.165) is 35.7 Å². The summed E-state index contributed by atoms with van der Waals surface area (Å²) in [6.07, 6.45) is 3.94. The highest BCUT2D eigenvalue weighted by atomic mass is 19.1. The molecule has 0 spiro atoms. The molecule has 2 aromatic carbocycles. The van der Waals surface area contributed by atoms with Gasteiger partial charge < -0.3 is 18.9 Å². The maximum atomic E-state index is 13.1. The third-order valence-electron chi connectivity index (χ3n) is 5.97. The Hall–Kier alpha value is -3.87. The van der Waals surface area contributed by atoms with Gasteiger partial charge in [0.05, 0.1) is 5.69 Å². The molecule has 33 heavy (non-hydrogen) atoms. The molecule has 2 aromatic heterocycles. The van der Waals surface area contributed by atoms with E-state index in [4.69, 9.17) is 4.74 Å². The third-order valence-corrected chi connectivity index (χ3v) is 5.97. The number of nitrogens with zero attached hydrogens (tertiary/aromatic N) is 4. The van der Waals surface area contributed by atoms with Crippen LogP contribution in [0.2, 0.25) is 0 Å². The second kappa shape index (κ2) is 8.94. The molecule has 1 aliphatic heterocycles. The van der Waals surface area contributed by atoms with Gasteiger partial charge in [-0.3, -0.25) is 4.79 Å². The maximum Gasteiger partial charge on any atom is 0.253 e. The van der Waals surface area contributed by atoms with Crippen LogP contribution >= 0.6 is 0 Å². The molecule has 0 bridgehead atoms. The van der Waals surface area contributed by atoms with Gasteiger partial charge in [0, 0.05) is 49.8 Å². The third kappa shape index (κ3) is 4.53. The lowest BCUT2D eigenvalue weighted by atomic mass is 10.1. The SMILES string of the molecule is Cc1cccn2cc(COc3ccc(C(=O)N4CCN(c5ccc(F)cc5)CC4)cc3)nc12. The monoisotopic (exact) mass is 444 g/mol. The molecule has 1 saturated heterocycles. The van der Waals surface area contributed by atoms with Gasteiger partial charge in [0.2, 0.25) is 0 Å². The zero-order valence-corrected chi connectivity index (χ0v) is 18.4. The summed E-state index contributed by atoms with van der Waals surface area (Å²) in [6.45, 7) is 5.09. The van der Waals surface area contributed by atoms with E-state index in [-0.39, 0.29) is 11.7 Å². The second-order valence-electron chi connectivity index (χ2n) is 8.22. The number of carbonyl (C=O) groups excluding carboxylic acids is 1. The van der Waals surface area contributed by atoms with Crippen LogP contribution in [0.1, 0.15) is 21.6 Å². The average Bonchev–Trinajstić information content (AvgIpc) is 3.28. The summed E-state index contributed by atoms with van der Waals surface area (Å²) in [5.41, 5.74) is 4.51. The number of anilines is 1. The molecule has 0 radical (unpaired) electrons.